The van der Waals surface area contributed by atoms with Gasteiger partial charge in [-0.25, -0.2) is 0 Å². The molecule has 0 radical (unpaired) electrons. The van der Waals surface area contributed by atoms with Gasteiger partial charge in [-0.2, -0.15) is 5.10 Å². The Labute approximate surface area is 106 Å². The molecule has 0 fully saturated rings. The van der Waals surface area contributed by atoms with Crippen LogP contribution >= 0.6 is 0 Å². The number of rotatable bonds is 5. The van der Waals surface area contributed by atoms with Crippen molar-refractivity contribution >= 4 is 5.78 Å². The number of Topliss-reactive ketones (excluding diaryl/α,β-unsaturated/α-hetero) is 1. The van der Waals surface area contributed by atoms with Crippen LogP contribution in [0.4, 0.5) is 0 Å². The summed E-state index contributed by atoms with van der Waals surface area (Å²) in [5, 5.41) is 4.10. The predicted molar refractivity (Wildman–Crippen MR) is 68.9 cm³/mol. The fourth-order valence-electron chi connectivity index (χ4n) is 1.93. The maximum atomic E-state index is 12.2. The lowest BCUT2D eigenvalue weighted by Gasteiger charge is -2.08. The van der Waals surface area contributed by atoms with Gasteiger partial charge in [0.25, 0.3) is 0 Å². The minimum atomic E-state index is 0.0545. The molecular formula is C14H16N2O2. The summed E-state index contributed by atoms with van der Waals surface area (Å²) >= 11 is 0. The van der Waals surface area contributed by atoms with E-state index in [1.165, 1.54) is 0 Å². The first-order chi connectivity index (χ1) is 8.76. The van der Waals surface area contributed by atoms with Crippen molar-refractivity contribution in [3.05, 3.63) is 47.8 Å². The van der Waals surface area contributed by atoms with Crippen molar-refractivity contribution in [3.8, 4) is 5.75 Å². The largest absolute Gasteiger partial charge is 0.496 e. The fraction of sp³-hybridized carbons (Fsp3) is 0.286. The van der Waals surface area contributed by atoms with E-state index in [1.807, 2.05) is 31.2 Å². The van der Waals surface area contributed by atoms with E-state index in [4.69, 9.17) is 4.74 Å². The molecule has 2 rings (SSSR count). The minimum Gasteiger partial charge on any atom is -0.496 e. The van der Waals surface area contributed by atoms with E-state index in [0.717, 1.165) is 11.3 Å². The Morgan fingerprint density at radius 1 is 1.33 bits per heavy atom. The average Bonchev–Trinajstić information content (AvgIpc) is 2.87. The van der Waals surface area contributed by atoms with Crippen molar-refractivity contribution in [1.29, 1.82) is 0 Å². The zero-order valence-corrected chi connectivity index (χ0v) is 10.6. The molecule has 1 heterocycles. The maximum Gasteiger partial charge on any atom is 0.185 e. The van der Waals surface area contributed by atoms with E-state index >= 15 is 0 Å². The molecule has 94 valence electrons. The van der Waals surface area contributed by atoms with Crippen molar-refractivity contribution < 1.29 is 9.53 Å². The first kappa shape index (κ1) is 12.4. The topological polar surface area (TPSA) is 44.1 Å². The Balaban J connectivity index is 2.21. The third-order valence-electron chi connectivity index (χ3n) is 2.85. The summed E-state index contributed by atoms with van der Waals surface area (Å²) in [4.78, 5) is 12.2. The minimum absolute atomic E-state index is 0.0545. The van der Waals surface area contributed by atoms with Crippen LogP contribution in [-0.2, 0) is 13.0 Å². The highest BCUT2D eigenvalue weighted by atomic mass is 16.5. The van der Waals surface area contributed by atoms with Gasteiger partial charge in [-0.15, -0.1) is 0 Å². The monoisotopic (exact) mass is 244 g/mol. The lowest BCUT2D eigenvalue weighted by molar-refractivity contribution is 0.0982. The van der Waals surface area contributed by atoms with Crippen LogP contribution in [0.2, 0.25) is 0 Å². The molecule has 0 amide bonds. The molecule has 0 atom stereocenters. The van der Waals surface area contributed by atoms with Crippen LogP contribution in [0.25, 0.3) is 0 Å². The van der Waals surface area contributed by atoms with Gasteiger partial charge in [0.2, 0.25) is 0 Å². The van der Waals surface area contributed by atoms with Gasteiger partial charge in [0, 0.05) is 24.7 Å². The second kappa shape index (κ2) is 5.49. The Morgan fingerprint density at radius 3 is 2.83 bits per heavy atom. The van der Waals surface area contributed by atoms with Crippen LogP contribution in [-0.4, -0.2) is 22.7 Å². The Hall–Kier alpha value is -2.10. The second-order valence-corrected chi connectivity index (χ2v) is 3.94. The Kier molecular flexibility index (Phi) is 3.77. The predicted octanol–water partition coefficient (Wildman–Crippen LogP) is 2.34. The standard InChI is InChI=1S/C14H16N2O2/c1-3-16-12(8-9-15-16)13(17)10-11-6-4-5-7-14(11)18-2/h4-9H,3,10H2,1-2H3. The van der Waals surface area contributed by atoms with Crippen LogP contribution in [0.15, 0.2) is 36.5 Å². The summed E-state index contributed by atoms with van der Waals surface area (Å²) in [6, 6.07) is 9.32. The molecule has 0 aliphatic rings. The summed E-state index contributed by atoms with van der Waals surface area (Å²) in [7, 11) is 1.61. The van der Waals surface area contributed by atoms with E-state index in [0.29, 0.717) is 18.7 Å². The highest BCUT2D eigenvalue weighted by Crippen LogP contribution is 2.19. The highest BCUT2D eigenvalue weighted by molar-refractivity contribution is 5.96. The van der Waals surface area contributed by atoms with Crippen LogP contribution in [0.1, 0.15) is 23.0 Å². The number of hydrogen-bond donors (Lipinski definition) is 0. The maximum absolute atomic E-state index is 12.2. The van der Waals surface area contributed by atoms with Crippen LogP contribution in [0, 0.1) is 0 Å². The molecule has 1 aromatic heterocycles. The van der Waals surface area contributed by atoms with Crippen LogP contribution in [0.5, 0.6) is 5.75 Å². The normalized spacial score (nSPS) is 10.3. The van der Waals surface area contributed by atoms with Gasteiger partial charge >= 0.3 is 0 Å². The molecule has 0 spiro atoms. The smallest absolute Gasteiger partial charge is 0.185 e. The number of ketones is 1. The number of methoxy groups -OCH3 is 1. The number of hydrogen-bond acceptors (Lipinski definition) is 3. The van der Waals surface area contributed by atoms with Gasteiger partial charge in [-0.1, -0.05) is 18.2 Å². The number of aryl methyl sites for hydroxylation is 1. The molecule has 4 heteroatoms. The molecule has 4 nitrogen and oxygen atoms in total. The zero-order chi connectivity index (χ0) is 13.0. The number of carbonyl (C=O) groups excluding carboxylic acids is 1. The molecule has 0 unspecified atom stereocenters. The van der Waals surface area contributed by atoms with Gasteiger partial charge in [0.05, 0.1) is 7.11 Å². The first-order valence-corrected chi connectivity index (χ1v) is 5.93. The summed E-state index contributed by atoms with van der Waals surface area (Å²) in [6.45, 7) is 2.66. The third-order valence-corrected chi connectivity index (χ3v) is 2.85. The molecule has 2 aromatic rings. The van der Waals surface area contributed by atoms with Gasteiger partial charge in [0.15, 0.2) is 5.78 Å². The van der Waals surface area contributed by atoms with Crippen molar-refractivity contribution in [2.75, 3.05) is 7.11 Å². The quantitative estimate of drug-likeness (QED) is 0.758. The molecule has 18 heavy (non-hydrogen) atoms. The van der Waals surface area contributed by atoms with Crippen molar-refractivity contribution in [1.82, 2.24) is 9.78 Å². The number of nitrogens with zero attached hydrogens (tertiary/aromatic N) is 2. The van der Waals surface area contributed by atoms with Crippen molar-refractivity contribution in [2.45, 2.75) is 19.9 Å². The van der Waals surface area contributed by atoms with E-state index in [-0.39, 0.29) is 5.78 Å². The lowest BCUT2D eigenvalue weighted by atomic mass is 10.1. The zero-order valence-electron chi connectivity index (χ0n) is 10.6. The number of ether oxygens (including phenoxy) is 1. The van der Waals surface area contributed by atoms with Gasteiger partial charge in [-0.3, -0.25) is 9.48 Å². The summed E-state index contributed by atoms with van der Waals surface area (Å²) in [5.41, 5.74) is 1.54. The summed E-state index contributed by atoms with van der Waals surface area (Å²) in [6.07, 6.45) is 1.98. The van der Waals surface area contributed by atoms with Gasteiger partial charge in [-0.05, 0) is 19.1 Å². The second-order valence-electron chi connectivity index (χ2n) is 3.94. The molecule has 0 bridgehead atoms. The van der Waals surface area contributed by atoms with E-state index in [2.05, 4.69) is 5.10 Å². The Morgan fingerprint density at radius 2 is 2.11 bits per heavy atom. The Bertz CT molecular complexity index is 546. The van der Waals surface area contributed by atoms with Crippen LogP contribution in [0.3, 0.4) is 0 Å². The molecule has 0 saturated heterocycles. The van der Waals surface area contributed by atoms with E-state index < -0.39 is 0 Å². The summed E-state index contributed by atoms with van der Waals surface area (Å²) < 4.78 is 6.95. The number of carbonyl (C=O) groups is 1. The molecule has 1 aromatic carbocycles. The first-order valence-electron chi connectivity index (χ1n) is 5.93. The average molecular weight is 244 g/mol. The highest BCUT2D eigenvalue weighted by Gasteiger charge is 2.14. The fourth-order valence-corrected chi connectivity index (χ4v) is 1.93. The molecule has 0 saturated carbocycles. The SMILES string of the molecule is CCn1nccc1C(=O)Cc1ccccc1OC. The van der Waals surface area contributed by atoms with Crippen molar-refractivity contribution in [3.63, 3.8) is 0 Å². The molecule has 0 aliphatic carbocycles. The van der Waals surface area contributed by atoms with E-state index in [9.17, 15) is 4.79 Å². The molecule has 0 aliphatic heterocycles. The summed E-state index contributed by atoms with van der Waals surface area (Å²) in [5.74, 6) is 0.798. The van der Waals surface area contributed by atoms with Gasteiger partial charge < -0.3 is 4.74 Å². The van der Waals surface area contributed by atoms with E-state index in [1.54, 1.807) is 24.1 Å². The van der Waals surface area contributed by atoms with Gasteiger partial charge in [0.1, 0.15) is 11.4 Å². The van der Waals surface area contributed by atoms with Crippen LogP contribution < -0.4 is 4.74 Å². The van der Waals surface area contributed by atoms with Crippen molar-refractivity contribution in [2.24, 2.45) is 0 Å². The molecule has 0 N–H and O–H groups in total. The number of benzene rings is 1. The lowest BCUT2D eigenvalue weighted by Crippen LogP contribution is -2.12. The number of para-hydroxylation sites is 1. The third kappa shape index (κ3) is 2.42. The molecular weight excluding hydrogens is 228 g/mol. The number of aromatic nitrogens is 2.